The third kappa shape index (κ3) is 3.84. The first-order valence-electron chi connectivity index (χ1n) is 5.80. The van der Waals surface area contributed by atoms with E-state index in [2.05, 4.69) is 11.4 Å². The maximum Gasteiger partial charge on any atom is 0.0450 e. The fourth-order valence-electron chi connectivity index (χ4n) is 1.79. The van der Waals surface area contributed by atoms with Gasteiger partial charge in [-0.1, -0.05) is 42.6 Å². The van der Waals surface area contributed by atoms with Gasteiger partial charge in [-0.25, -0.2) is 0 Å². The second-order valence-corrected chi connectivity index (χ2v) is 4.76. The molecule has 0 spiro atoms. The van der Waals surface area contributed by atoms with Crippen LogP contribution in [0, 0.1) is 5.92 Å². The van der Waals surface area contributed by atoms with Gasteiger partial charge in [-0.15, -0.1) is 0 Å². The molecule has 0 aromatic heterocycles. The molecule has 1 N–H and O–H groups in total. The summed E-state index contributed by atoms with van der Waals surface area (Å²) in [5, 5.41) is 4.31. The van der Waals surface area contributed by atoms with Gasteiger partial charge >= 0.3 is 0 Å². The van der Waals surface area contributed by atoms with E-state index in [1.807, 2.05) is 18.2 Å². The highest BCUT2D eigenvalue weighted by molar-refractivity contribution is 6.31. The first kappa shape index (κ1) is 11.0. The van der Waals surface area contributed by atoms with Crippen molar-refractivity contribution >= 4 is 11.6 Å². The molecule has 82 valence electrons. The van der Waals surface area contributed by atoms with Crippen LogP contribution in [-0.2, 0) is 6.54 Å². The molecule has 1 aliphatic carbocycles. The van der Waals surface area contributed by atoms with Crippen LogP contribution in [0.1, 0.15) is 31.2 Å². The second kappa shape index (κ2) is 5.53. The zero-order valence-electron chi connectivity index (χ0n) is 9.01. The molecule has 0 bridgehead atoms. The molecular weight excluding hydrogens is 206 g/mol. The van der Waals surface area contributed by atoms with Crippen molar-refractivity contribution in [3.05, 3.63) is 34.9 Å². The quantitative estimate of drug-likeness (QED) is 0.727. The summed E-state index contributed by atoms with van der Waals surface area (Å²) in [6.45, 7) is 2.01. The van der Waals surface area contributed by atoms with E-state index in [-0.39, 0.29) is 0 Å². The minimum Gasteiger partial charge on any atom is -0.313 e. The lowest BCUT2D eigenvalue weighted by Gasteiger charge is -2.06. The second-order valence-electron chi connectivity index (χ2n) is 4.35. The van der Waals surface area contributed by atoms with Gasteiger partial charge in [0.1, 0.15) is 0 Å². The molecule has 2 rings (SSSR count). The van der Waals surface area contributed by atoms with Crippen LogP contribution in [0.2, 0.25) is 5.02 Å². The molecule has 1 saturated carbocycles. The predicted molar refractivity (Wildman–Crippen MR) is 65.1 cm³/mol. The summed E-state index contributed by atoms with van der Waals surface area (Å²) in [5.74, 6) is 1.05. The van der Waals surface area contributed by atoms with Crippen molar-refractivity contribution < 1.29 is 0 Å². The molecule has 0 aliphatic heterocycles. The minimum absolute atomic E-state index is 0.868. The van der Waals surface area contributed by atoms with E-state index in [0.29, 0.717) is 0 Å². The van der Waals surface area contributed by atoms with Crippen LogP contribution in [0.3, 0.4) is 0 Å². The predicted octanol–water partition coefficient (Wildman–Crippen LogP) is 3.62. The molecule has 0 radical (unpaired) electrons. The Bertz CT molecular complexity index is 307. The lowest BCUT2D eigenvalue weighted by atomic mass is 10.2. The molecule has 15 heavy (non-hydrogen) atoms. The number of rotatable bonds is 6. The lowest BCUT2D eigenvalue weighted by molar-refractivity contribution is 0.594. The summed E-state index contributed by atoms with van der Waals surface area (Å²) in [5.41, 5.74) is 1.20. The van der Waals surface area contributed by atoms with E-state index >= 15 is 0 Å². The lowest BCUT2D eigenvalue weighted by Crippen LogP contribution is -2.14. The van der Waals surface area contributed by atoms with Gasteiger partial charge in [0.15, 0.2) is 0 Å². The highest BCUT2D eigenvalue weighted by atomic mass is 35.5. The number of hydrogen-bond acceptors (Lipinski definition) is 1. The first-order valence-corrected chi connectivity index (χ1v) is 6.18. The molecular formula is C13H18ClN. The van der Waals surface area contributed by atoms with Crippen molar-refractivity contribution in [2.75, 3.05) is 6.54 Å². The Labute approximate surface area is 96.8 Å². The van der Waals surface area contributed by atoms with Crippen LogP contribution in [-0.4, -0.2) is 6.54 Å². The van der Waals surface area contributed by atoms with Gasteiger partial charge in [-0.2, -0.15) is 0 Å². The molecule has 2 heteroatoms. The Morgan fingerprint density at radius 2 is 2.07 bits per heavy atom. The molecule has 0 heterocycles. The van der Waals surface area contributed by atoms with Crippen LogP contribution in [0.5, 0.6) is 0 Å². The maximum absolute atomic E-state index is 6.06. The fourth-order valence-corrected chi connectivity index (χ4v) is 1.99. The van der Waals surface area contributed by atoms with Crippen LogP contribution in [0.4, 0.5) is 0 Å². The van der Waals surface area contributed by atoms with Crippen molar-refractivity contribution in [2.24, 2.45) is 5.92 Å². The Kier molecular flexibility index (Phi) is 4.04. The van der Waals surface area contributed by atoms with Crippen molar-refractivity contribution in [3.63, 3.8) is 0 Å². The molecule has 1 aliphatic rings. The number of nitrogens with one attached hydrogen (secondary N) is 1. The van der Waals surface area contributed by atoms with E-state index in [0.717, 1.165) is 24.0 Å². The Morgan fingerprint density at radius 3 is 2.80 bits per heavy atom. The van der Waals surface area contributed by atoms with E-state index < -0.39 is 0 Å². The molecule has 0 atom stereocenters. The molecule has 1 aromatic rings. The van der Waals surface area contributed by atoms with Crippen LogP contribution >= 0.6 is 11.6 Å². The number of halogens is 1. The summed E-state index contributed by atoms with van der Waals surface area (Å²) in [6, 6.07) is 8.03. The summed E-state index contributed by atoms with van der Waals surface area (Å²) < 4.78 is 0. The van der Waals surface area contributed by atoms with Crippen LogP contribution < -0.4 is 5.32 Å². The van der Waals surface area contributed by atoms with Gasteiger partial charge in [-0.05, 0) is 36.9 Å². The van der Waals surface area contributed by atoms with E-state index in [1.165, 1.54) is 31.2 Å². The fraction of sp³-hybridized carbons (Fsp3) is 0.538. The SMILES string of the molecule is Clc1ccccc1CNCCCC1CC1. The van der Waals surface area contributed by atoms with Gasteiger partial charge in [0.2, 0.25) is 0 Å². The smallest absolute Gasteiger partial charge is 0.0450 e. The Morgan fingerprint density at radius 1 is 1.27 bits per heavy atom. The normalized spacial score (nSPS) is 15.5. The number of hydrogen-bond donors (Lipinski definition) is 1. The van der Waals surface area contributed by atoms with Crippen LogP contribution in [0.25, 0.3) is 0 Å². The van der Waals surface area contributed by atoms with E-state index in [9.17, 15) is 0 Å². The summed E-state index contributed by atoms with van der Waals surface area (Å²) in [6.07, 6.45) is 5.62. The standard InChI is InChI=1S/C13H18ClN/c14-13-6-2-1-5-12(13)10-15-9-3-4-11-7-8-11/h1-2,5-6,11,15H,3-4,7-10H2. The van der Waals surface area contributed by atoms with Crippen molar-refractivity contribution in [1.29, 1.82) is 0 Å². The summed E-state index contributed by atoms with van der Waals surface area (Å²) in [4.78, 5) is 0. The van der Waals surface area contributed by atoms with Gasteiger partial charge < -0.3 is 5.32 Å². The highest BCUT2D eigenvalue weighted by Crippen LogP contribution is 2.33. The molecule has 0 amide bonds. The largest absolute Gasteiger partial charge is 0.313 e. The zero-order chi connectivity index (χ0) is 10.5. The van der Waals surface area contributed by atoms with E-state index in [1.54, 1.807) is 0 Å². The highest BCUT2D eigenvalue weighted by Gasteiger charge is 2.19. The summed E-state index contributed by atoms with van der Waals surface area (Å²) >= 11 is 6.06. The third-order valence-corrected chi connectivity index (χ3v) is 3.30. The molecule has 1 nitrogen and oxygen atoms in total. The minimum atomic E-state index is 0.868. The molecule has 1 fully saturated rings. The Balaban J connectivity index is 1.62. The van der Waals surface area contributed by atoms with Gasteiger partial charge in [0.25, 0.3) is 0 Å². The third-order valence-electron chi connectivity index (χ3n) is 2.94. The molecule has 1 aromatic carbocycles. The molecule has 0 saturated heterocycles. The maximum atomic E-state index is 6.06. The van der Waals surface area contributed by atoms with Crippen LogP contribution in [0.15, 0.2) is 24.3 Å². The van der Waals surface area contributed by atoms with Gasteiger partial charge in [0.05, 0.1) is 0 Å². The van der Waals surface area contributed by atoms with Crippen molar-refractivity contribution in [1.82, 2.24) is 5.32 Å². The van der Waals surface area contributed by atoms with E-state index in [4.69, 9.17) is 11.6 Å². The topological polar surface area (TPSA) is 12.0 Å². The van der Waals surface area contributed by atoms with Gasteiger partial charge in [0, 0.05) is 11.6 Å². The average molecular weight is 224 g/mol. The monoisotopic (exact) mass is 223 g/mol. The first-order chi connectivity index (χ1) is 7.36. The van der Waals surface area contributed by atoms with Crippen molar-refractivity contribution in [3.8, 4) is 0 Å². The Hall–Kier alpha value is -0.530. The molecule has 0 unspecified atom stereocenters. The average Bonchev–Trinajstić information content (AvgIpc) is 3.04. The summed E-state index contributed by atoms with van der Waals surface area (Å²) in [7, 11) is 0. The van der Waals surface area contributed by atoms with Crippen molar-refractivity contribution in [2.45, 2.75) is 32.2 Å². The number of benzene rings is 1. The zero-order valence-corrected chi connectivity index (χ0v) is 9.76. The van der Waals surface area contributed by atoms with Gasteiger partial charge in [-0.3, -0.25) is 0 Å².